The van der Waals surface area contributed by atoms with Gasteiger partial charge in [-0.05, 0) is 31.2 Å². The van der Waals surface area contributed by atoms with Crippen molar-refractivity contribution < 1.29 is 9.53 Å². The maximum Gasteiger partial charge on any atom is 0.133 e. The van der Waals surface area contributed by atoms with Crippen LogP contribution < -0.4 is 15.8 Å². The van der Waals surface area contributed by atoms with Crippen molar-refractivity contribution in [3.8, 4) is 5.75 Å². The zero-order valence-electron chi connectivity index (χ0n) is 9.53. The molecule has 3 N–H and O–H groups in total. The van der Waals surface area contributed by atoms with Crippen LogP contribution in [-0.2, 0) is 4.79 Å². The van der Waals surface area contributed by atoms with Crippen LogP contribution in [0.5, 0.6) is 5.75 Å². The van der Waals surface area contributed by atoms with Crippen LogP contribution in [0.25, 0.3) is 0 Å². The van der Waals surface area contributed by atoms with Crippen molar-refractivity contribution >= 4 is 11.5 Å². The number of anilines is 1. The first-order valence-electron chi connectivity index (χ1n) is 5.38. The lowest BCUT2D eigenvalue weighted by Gasteiger charge is -2.07. The summed E-state index contributed by atoms with van der Waals surface area (Å²) >= 11 is 0. The molecule has 0 amide bonds. The van der Waals surface area contributed by atoms with Crippen molar-refractivity contribution in [2.75, 3.05) is 25.0 Å². The highest BCUT2D eigenvalue weighted by molar-refractivity contribution is 5.75. The molecular weight excluding hydrogens is 204 g/mol. The van der Waals surface area contributed by atoms with Gasteiger partial charge in [-0.3, -0.25) is 4.79 Å². The van der Waals surface area contributed by atoms with Gasteiger partial charge in [0, 0.05) is 25.2 Å². The molecule has 0 saturated carbocycles. The van der Waals surface area contributed by atoms with E-state index in [0.29, 0.717) is 19.6 Å². The van der Waals surface area contributed by atoms with Crippen LogP contribution in [0.3, 0.4) is 0 Å². The van der Waals surface area contributed by atoms with Gasteiger partial charge in [0.2, 0.25) is 0 Å². The average Bonchev–Trinajstić information content (AvgIpc) is 2.27. The van der Waals surface area contributed by atoms with E-state index in [0.717, 1.165) is 18.0 Å². The molecule has 0 radical (unpaired) electrons. The van der Waals surface area contributed by atoms with Crippen molar-refractivity contribution in [2.24, 2.45) is 5.73 Å². The molecule has 88 valence electrons. The van der Waals surface area contributed by atoms with Gasteiger partial charge in [0.25, 0.3) is 0 Å². The van der Waals surface area contributed by atoms with Crippen molar-refractivity contribution in [3.63, 3.8) is 0 Å². The second-order valence-corrected chi connectivity index (χ2v) is 3.54. The molecule has 0 aliphatic heterocycles. The molecule has 1 aromatic carbocycles. The van der Waals surface area contributed by atoms with Crippen LogP contribution in [0.2, 0.25) is 0 Å². The number of hydrogen-bond acceptors (Lipinski definition) is 4. The summed E-state index contributed by atoms with van der Waals surface area (Å²) in [4.78, 5) is 10.7. The van der Waals surface area contributed by atoms with Crippen molar-refractivity contribution in [1.82, 2.24) is 0 Å². The summed E-state index contributed by atoms with van der Waals surface area (Å²) in [5, 5.41) is 3.16. The lowest BCUT2D eigenvalue weighted by Crippen LogP contribution is -2.12. The van der Waals surface area contributed by atoms with Gasteiger partial charge >= 0.3 is 0 Å². The molecule has 1 rings (SSSR count). The molecule has 4 nitrogen and oxygen atoms in total. The third-order valence-corrected chi connectivity index (χ3v) is 2.05. The van der Waals surface area contributed by atoms with Crippen LogP contribution in [0.4, 0.5) is 5.69 Å². The Morgan fingerprint density at radius 1 is 1.38 bits per heavy atom. The lowest BCUT2D eigenvalue weighted by molar-refractivity contribution is -0.117. The third-order valence-electron chi connectivity index (χ3n) is 2.05. The van der Waals surface area contributed by atoms with Crippen molar-refractivity contribution in [2.45, 2.75) is 13.3 Å². The van der Waals surface area contributed by atoms with Gasteiger partial charge in [-0.25, -0.2) is 0 Å². The summed E-state index contributed by atoms with van der Waals surface area (Å²) < 4.78 is 5.40. The summed E-state index contributed by atoms with van der Waals surface area (Å²) in [6.45, 7) is 3.36. The average molecular weight is 222 g/mol. The van der Waals surface area contributed by atoms with Gasteiger partial charge in [-0.1, -0.05) is 0 Å². The summed E-state index contributed by atoms with van der Waals surface area (Å²) in [5.41, 5.74) is 6.40. The van der Waals surface area contributed by atoms with E-state index in [9.17, 15) is 4.79 Å². The number of carbonyl (C=O) groups excluding carboxylic acids is 1. The first kappa shape index (κ1) is 12.5. The minimum absolute atomic E-state index is 0.140. The van der Waals surface area contributed by atoms with Crippen molar-refractivity contribution in [1.29, 1.82) is 0 Å². The fraction of sp³-hybridized carbons (Fsp3) is 0.417. The molecule has 0 spiro atoms. The van der Waals surface area contributed by atoms with Gasteiger partial charge in [0.15, 0.2) is 0 Å². The molecule has 0 aliphatic carbocycles. The first-order valence-corrected chi connectivity index (χ1v) is 5.38. The van der Waals surface area contributed by atoms with Crippen molar-refractivity contribution in [3.05, 3.63) is 24.3 Å². The summed E-state index contributed by atoms with van der Waals surface area (Å²) in [6.07, 6.45) is 0.452. The largest absolute Gasteiger partial charge is 0.493 e. The van der Waals surface area contributed by atoms with E-state index < -0.39 is 0 Å². The number of hydrogen-bond donors (Lipinski definition) is 2. The molecule has 16 heavy (non-hydrogen) atoms. The first-order chi connectivity index (χ1) is 7.72. The van der Waals surface area contributed by atoms with Crippen LogP contribution in [0.1, 0.15) is 13.3 Å². The predicted octanol–water partition coefficient (Wildman–Crippen LogP) is 1.42. The molecule has 0 saturated heterocycles. The number of nitrogens with two attached hydrogens (primary N) is 1. The fourth-order valence-electron chi connectivity index (χ4n) is 1.20. The predicted molar refractivity (Wildman–Crippen MR) is 64.8 cm³/mol. The van der Waals surface area contributed by atoms with E-state index in [1.165, 1.54) is 0 Å². The Bertz CT molecular complexity index is 322. The van der Waals surface area contributed by atoms with Gasteiger partial charge < -0.3 is 15.8 Å². The quantitative estimate of drug-likeness (QED) is 0.732. The van der Waals surface area contributed by atoms with E-state index in [1.54, 1.807) is 6.92 Å². The topological polar surface area (TPSA) is 64.3 Å². The van der Waals surface area contributed by atoms with Crippen LogP contribution in [-0.4, -0.2) is 25.5 Å². The monoisotopic (exact) mass is 222 g/mol. The highest BCUT2D eigenvalue weighted by atomic mass is 16.5. The van der Waals surface area contributed by atoms with Crippen LogP contribution >= 0.6 is 0 Å². The molecular formula is C12H18N2O2. The Labute approximate surface area is 95.8 Å². The second kappa shape index (κ2) is 6.85. The Balaban J connectivity index is 2.36. The van der Waals surface area contributed by atoms with Gasteiger partial charge in [0.05, 0.1) is 6.61 Å². The minimum Gasteiger partial charge on any atom is -0.493 e. The minimum atomic E-state index is 0.140. The number of ether oxygens (including phenoxy) is 1. The number of Topliss-reactive ketones (excluding diaryl/α,β-unsaturated/α-hetero) is 1. The second-order valence-electron chi connectivity index (χ2n) is 3.54. The lowest BCUT2D eigenvalue weighted by atomic mass is 10.3. The molecule has 0 unspecified atom stereocenters. The zero-order valence-corrected chi connectivity index (χ0v) is 9.53. The number of benzene rings is 1. The molecule has 1 aromatic rings. The summed E-state index contributed by atoms with van der Waals surface area (Å²) in [5.74, 6) is 0.917. The van der Waals surface area contributed by atoms with Gasteiger partial charge in [0.1, 0.15) is 11.5 Å². The van der Waals surface area contributed by atoms with E-state index in [1.807, 2.05) is 24.3 Å². The molecule has 0 fully saturated rings. The standard InChI is InChI=1S/C12H18N2O2/c1-10(15)6-9-16-12-4-2-11(3-5-12)14-8-7-13/h2-5,14H,6-9,13H2,1H3. The number of carbonyl (C=O) groups is 1. The Hall–Kier alpha value is -1.55. The smallest absolute Gasteiger partial charge is 0.133 e. The number of rotatable bonds is 7. The number of ketones is 1. The molecule has 4 heteroatoms. The molecule has 0 aromatic heterocycles. The highest BCUT2D eigenvalue weighted by Gasteiger charge is 1.96. The molecule has 0 bridgehead atoms. The number of nitrogens with one attached hydrogen (secondary N) is 1. The fourth-order valence-corrected chi connectivity index (χ4v) is 1.20. The maximum atomic E-state index is 10.7. The molecule has 0 atom stereocenters. The molecule has 0 heterocycles. The highest BCUT2D eigenvalue weighted by Crippen LogP contribution is 2.15. The van der Waals surface area contributed by atoms with Gasteiger partial charge in [-0.15, -0.1) is 0 Å². The van der Waals surface area contributed by atoms with Crippen LogP contribution in [0, 0.1) is 0 Å². The van der Waals surface area contributed by atoms with E-state index in [-0.39, 0.29) is 5.78 Å². The van der Waals surface area contributed by atoms with E-state index in [4.69, 9.17) is 10.5 Å². The third kappa shape index (κ3) is 4.79. The summed E-state index contributed by atoms with van der Waals surface area (Å²) in [7, 11) is 0. The Morgan fingerprint density at radius 2 is 2.06 bits per heavy atom. The Morgan fingerprint density at radius 3 is 2.62 bits per heavy atom. The normalized spacial score (nSPS) is 9.88. The SMILES string of the molecule is CC(=O)CCOc1ccc(NCCN)cc1. The van der Waals surface area contributed by atoms with Gasteiger partial charge in [-0.2, -0.15) is 0 Å². The summed E-state index contributed by atoms with van der Waals surface area (Å²) in [6, 6.07) is 7.61. The van der Waals surface area contributed by atoms with Crippen LogP contribution in [0.15, 0.2) is 24.3 Å². The maximum absolute atomic E-state index is 10.7. The van der Waals surface area contributed by atoms with E-state index in [2.05, 4.69) is 5.32 Å². The van der Waals surface area contributed by atoms with E-state index >= 15 is 0 Å². The zero-order chi connectivity index (χ0) is 11.8. The Kier molecular flexibility index (Phi) is 5.36. The molecule has 0 aliphatic rings.